The van der Waals surface area contributed by atoms with E-state index in [-0.39, 0.29) is 23.6 Å². The first-order chi connectivity index (χ1) is 12.3. The number of carbonyl (C=O) groups excluding carboxylic acids is 1. The van der Waals surface area contributed by atoms with E-state index in [1.54, 1.807) is 18.2 Å². The van der Waals surface area contributed by atoms with Crippen molar-refractivity contribution in [2.75, 3.05) is 39.7 Å². The predicted molar refractivity (Wildman–Crippen MR) is 99.9 cm³/mol. The summed E-state index contributed by atoms with van der Waals surface area (Å²) in [6.07, 6.45) is 1.92. The van der Waals surface area contributed by atoms with Gasteiger partial charge in [0, 0.05) is 20.0 Å². The van der Waals surface area contributed by atoms with E-state index < -0.39 is 10.0 Å². The van der Waals surface area contributed by atoms with Crippen molar-refractivity contribution < 1.29 is 22.7 Å². The zero-order valence-electron chi connectivity index (χ0n) is 15.6. The molecule has 0 spiro atoms. The fourth-order valence-corrected chi connectivity index (χ4v) is 3.86. The van der Waals surface area contributed by atoms with Gasteiger partial charge in [-0.1, -0.05) is 25.5 Å². The van der Waals surface area contributed by atoms with E-state index in [0.29, 0.717) is 31.1 Å². The maximum atomic E-state index is 12.7. The molecule has 1 aromatic carbocycles. The third-order valence-corrected chi connectivity index (χ3v) is 6.35. The van der Waals surface area contributed by atoms with Crippen molar-refractivity contribution in [1.29, 1.82) is 0 Å². The molecular formula is C18H28N2O5S. The van der Waals surface area contributed by atoms with Crippen LogP contribution in [0, 0.1) is 5.92 Å². The Balaban J connectivity index is 2.05. The Labute approximate surface area is 155 Å². The Hall–Kier alpha value is -1.64. The van der Waals surface area contributed by atoms with Crippen LogP contribution in [-0.2, 0) is 14.8 Å². The number of para-hydroxylation sites is 1. The van der Waals surface area contributed by atoms with Crippen LogP contribution in [-0.4, -0.2) is 64.3 Å². The molecule has 1 aliphatic rings. The van der Waals surface area contributed by atoms with E-state index in [1.165, 1.54) is 18.4 Å². The van der Waals surface area contributed by atoms with Gasteiger partial charge in [-0.25, -0.2) is 12.7 Å². The Morgan fingerprint density at radius 3 is 2.73 bits per heavy atom. The van der Waals surface area contributed by atoms with E-state index in [2.05, 4.69) is 12.2 Å². The second-order valence-corrected chi connectivity index (χ2v) is 8.86. The Kier molecular flexibility index (Phi) is 7.43. The number of hydrogen-bond donors (Lipinski definition) is 1. The van der Waals surface area contributed by atoms with Gasteiger partial charge >= 0.3 is 0 Å². The highest BCUT2D eigenvalue weighted by atomic mass is 32.2. The van der Waals surface area contributed by atoms with Crippen molar-refractivity contribution in [2.24, 2.45) is 5.92 Å². The summed E-state index contributed by atoms with van der Waals surface area (Å²) in [4.78, 5) is 12.7. The van der Waals surface area contributed by atoms with Gasteiger partial charge in [-0.3, -0.25) is 4.79 Å². The molecule has 0 saturated carbocycles. The van der Waals surface area contributed by atoms with Crippen molar-refractivity contribution in [1.82, 2.24) is 9.62 Å². The molecular weight excluding hydrogens is 356 g/mol. The lowest BCUT2D eigenvalue weighted by Crippen LogP contribution is -2.43. The van der Waals surface area contributed by atoms with Gasteiger partial charge in [0.05, 0.1) is 37.2 Å². The fourth-order valence-electron chi connectivity index (χ4n) is 2.69. The highest BCUT2D eigenvalue weighted by Gasteiger charge is 2.34. The number of rotatable bonds is 9. The van der Waals surface area contributed by atoms with Crippen LogP contribution in [0.3, 0.4) is 0 Å². The average Bonchev–Trinajstić information content (AvgIpc) is 3.01. The summed E-state index contributed by atoms with van der Waals surface area (Å²) in [5, 5.41) is 2.91. The molecule has 1 amide bonds. The lowest BCUT2D eigenvalue weighted by atomic mass is 10.1. The molecule has 7 nitrogen and oxygen atoms in total. The quantitative estimate of drug-likeness (QED) is 0.652. The third-order valence-electron chi connectivity index (χ3n) is 4.38. The Morgan fingerprint density at radius 1 is 1.31 bits per heavy atom. The Bertz CT molecular complexity index is 705. The van der Waals surface area contributed by atoms with Crippen molar-refractivity contribution in [3.05, 3.63) is 29.8 Å². The molecule has 2 rings (SSSR count). The molecule has 2 atom stereocenters. The monoisotopic (exact) mass is 384 g/mol. The zero-order chi connectivity index (χ0) is 19.2. The minimum atomic E-state index is -3.36. The predicted octanol–water partition coefficient (Wildman–Crippen LogP) is 1.50. The smallest absolute Gasteiger partial charge is 0.255 e. The van der Waals surface area contributed by atoms with Crippen LogP contribution in [0.25, 0.3) is 0 Å². The fraction of sp³-hybridized carbons (Fsp3) is 0.611. The first-order valence-electron chi connectivity index (χ1n) is 8.85. The number of nitrogens with zero attached hydrogens (tertiary/aromatic N) is 1. The van der Waals surface area contributed by atoms with E-state index in [9.17, 15) is 13.2 Å². The summed E-state index contributed by atoms with van der Waals surface area (Å²) in [6, 6.07) is 6.73. The number of ether oxygens (including phenoxy) is 2. The van der Waals surface area contributed by atoms with E-state index >= 15 is 0 Å². The molecule has 146 valence electrons. The molecule has 1 aliphatic heterocycles. The molecule has 0 aromatic heterocycles. The summed E-state index contributed by atoms with van der Waals surface area (Å²) in [5.41, 5.74) is 0.449. The molecule has 1 N–H and O–H groups in total. The SMILES string of the molecule is CCCCOc1ccccc1C(=O)NC1COCC1CS(=O)(=O)N(C)C. The minimum absolute atomic E-state index is 0.0560. The number of carbonyl (C=O) groups is 1. The molecule has 1 heterocycles. The minimum Gasteiger partial charge on any atom is -0.493 e. The molecule has 1 fully saturated rings. The van der Waals surface area contributed by atoms with Gasteiger partial charge in [-0.2, -0.15) is 0 Å². The van der Waals surface area contributed by atoms with Crippen molar-refractivity contribution in [2.45, 2.75) is 25.8 Å². The Morgan fingerprint density at radius 2 is 2.04 bits per heavy atom. The summed E-state index contributed by atoms with van der Waals surface area (Å²) in [6.45, 7) is 3.24. The van der Waals surface area contributed by atoms with Crippen molar-refractivity contribution >= 4 is 15.9 Å². The topological polar surface area (TPSA) is 84.9 Å². The molecule has 8 heteroatoms. The molecule has 1 aromatic rings. The number of benzene rings is 1. The number of unbranched alkanes of at least 4 members (excludes halogenated alkanes) is 1. The highest BCUT2D eigenvalue weighted by Crippen LogP contribution is 2.21. The van der Waals surface area contributed by atoms with Crippen LogP contribution in [0.5, 0.6) is 5.75 Å². The number of amides is 1. The normalized spacial score (nSPS) is 20.3. The number of hydrogen-bond acceptors (Lipinski definition) is 5. The van der Waals surface area contributed by atoms with E-state index in [0.717, 1.165) is 12.8 Å². The second kappa shape index (κ2) is 9.34. The molecule has 26 heavy (non-hydrogen) atoms. The van der Waals surface area contributed by atoms with Gasteiger partial charge in [-0.15, -0.1) is 0 Å². The van der Waals surface area contributed by atoms with Gasteiger partial charge in [0.15, 0.2) is 0 Å². The van der Waals surface area contributed by atoms with Crippen molar-refractivity contribution in [3.63, 3.8) is 0 Å². The van der Waals surface area contributed by atoms with Gasteiger partial charge < -0.3 is 14.8 Å². The van der Waals surface area contributed by atoms with Crippen LogP contribution in [0.1, 0.15) is 30.1 Å². The van der Waals surface area contributed by atoms with Crippen LogP contribution in [0.4, 0.5) is 0 Å². The van der Waals surface area contributed by atoms with Crippen LogP contribution < -0.4 is 10.1 Å². The summed E-state index contributed by atoms with van der Waals surface area (Å²) < 4.78 is 36.6. The average molecular weight is 384 g/mol. The second-order valence-electron chi connectivity index (χ2n) is 6.64. The highest BCUT2D eigenvalue weighted by molar-refractivity contribution is 7.89. The number of sulfonamides is 1. The number of nitrogens with one attached hydrogen (secondary N) is 1. The lowest BCUT2D eigenvalue weighted by molar-refractivity contribution is 0.0922. The lowest BCUT2D eigenvalue weighted by Gasteiger charge is -2.21. The maximum absolute atomic E-state index is 12.7. The molecule has 2 unspecified atom stereocenters. The van der Waals surface area contributed by atoms with Crippen molar-refractivity contribution in [3.8, 4) is 5.75 Å². The summed E-state index contributed by atoms with van der Waals surface area (Å²) >= 11 is 0. The van der Waals surface area contributed by atoms with Gasteiger partial charge in [-0.05, 0) is 18.6 Å². The molecule has 0 bridgehead atoms. The largest absolute Gasteiger partial charge is 0.493 e. The zero-order valence-corrected chi connectivity index (χ0v) is 16.4. The van der Waals surface area contributed by atoms with Gasteiger partial charge in [0.25, 0.3) is 5.91 Å². The molecule has 0 radical (unpaired) electrons. The standard InChI is InChI=1S/C18H28N2O5S/c1-4-5-10-25-17-9-7-6-8-15(17)18(21)19-16-12-24-11-14(16)13-26(22,23)20(2)3/h6-9,14,16H,4-5,10-13H2,1-3H3,(H,19,21). The van der Waals surface area contributed by atoms with Gasteiger partial charge in [0.1, 0.15) is 5.75 Å². The van der Waals surface area contributed by atoms with E-state index in [1.807, 2.05) is 6.07 Å². The van der Waals surface area contributed by atoms with Crippen LogP contribution in [0.15, 0.2) is 24.3 Å². The maximum Gasteiger partial charge on any atom is 0.255 e. The first kappa shape index (κ1) is 20.7. The third kappa shape index (κ3) is 5.43. The van der Waals surface area contributed by atoms with Crippen LogP contribution in [0.2, 0.25) is 0 Å². The summed E-state index contributed by atoms with van der Waals surface area (Å²) in [7, 11) is -0.356. The first-order valence-corrected chi connectivity index (χ1v) is 10.5. The van der Waals surface area contributed by atoms with Crippen LogP contribution >= 0.6 is 0 Å². The summed E-state index contributed by atoms with van der Waals surface area (Å²) in [5.74, 6) is -0.0752. The molecule has 1 saturated heterocycles. The van der Waals surface area contributed by atoms with E-state index in [4.69, 9.17) is 9.47 Å². The van der Waals surface area contributed by atoms with Gasteiger partial charge in [0.2, 0.25) is 10.0 Å². The molecule has 0 aliphatic carbocycles.